The molecule has 0 unspecified atom stereocenters. The number of rotatable bonds is 4. The van der Waals surface area contributed by atoms with Crippen LogP contribution >= 0.6 is 0 Å². The first-order valence-corrected chi connectivity index (χ1v) is 8.42. The fourth-order valence-corrected chi connectivity index (χ4v) is 3.56. The first-order chi connectivity index (χ1) is 10.7. The Morgan fingerprint density at radius 1 is 1.48 bits per heavy atom. The van der Waals surface area contributed by atoms with Crippen molar-refractivity contribution >= 4 is 12.0 Å². The van der Waals surface area contributed by atoms with Gasteiger partial charge in [-0.2, -0.15) is 0 Å². The minimum Gasteiger partial charge on any atom is -0.348 e. The monoisotopic (exact) mass is 321 g/mol. The van der Waals surface area contributed by atoms with Crippen molar-refractivity contribution in [2.75, 3.05) is 19.0 Å². The van der Waals surface area contributed by atoms with Gasteiger partial charge in [0.05, 0.1) is 18.4 Å². The molecule has 130 valence electrons. The average molecular weight is 321 g/mol. The number of nitrogens with one attached hydrogen (secondary N) is 2. The van der Waals surface area contributed by atoms with Gasteiger partial charge in [-0.3, -0.25) is 0 Å². The number of urea groups is 1. The molecule has 0 radical (unpaired) electrons. The van der Waals surface area contributed by atoms with Gasteiger partial charge in [0.2, 0.25) is 5.95 Å². The Morgan fingerprint density at radius 2 is 2.17 bits per heavy atom. The van der Waals surface area contributed by atoms with Crippen molar-refractivity contribution in [1.29, 1.82) is 0 Å². The predicted octanol–water partition coefficient (Wildman–Crippen LogP) is 2.50. The molecule has 23 heavy (non-hydrogen) atoms. The maximum atomic E-state index is 12.2. The maximum absolute atomic E-state index is 12.2. The Balaban J connectivity index is 1.84. The molecule has 1 aliphatic carbocycles. The van der Waals surface area contributed by atoms with Gasteiger partial charge in [-0.1, -0.05) is 20.8 Å². The first kappa shape index (κ1) is 17.6. The second kappa shape index (κ2) is 6.81. The van der Waals surface area contributed by atoms with Crippen LogP contribution in [0.25, 0.3) is 0 Å². The summed E-state index contributed by atoms with van der Waals surface area (Å²) in [4.78, 5) is 18.5. The van der Waals surface area contributed by atoms with Crippen LogP contribution in [0.3, 0.4) is 0 Å². The Kier molecular flexibility index (Phi) is 5.22. The highest BCUT2D eigenvalue weighted by Gasteiger charge is 2.32. The Labute approximate surface area is 139 Å². The van der Waals surface area contributed by atoms with Crippen LogP contribution in [-0.4, -0.2) is 35.7 Å². The van der Waals surface area contributed by atoms with Crippen LogP contribution < -0.4 is 15.5 Å². The van der Waals surface area contributed by atoms with E-state index in [0.29, 0.717) is 17.9 Å². The van der Waals surface area contributed by atoms with Gasteiger partial charge < -0.3 is 20.1 Å². The van der Waals surface area contributed by atoms with Crippen molar-refractivity contribution in [2.45, 2.75) is 52.6 Å². The molecule has 0 bridgehead atoms. The van der Waals surface area contributed by atoms with Crippen molar-refractivity contribution in [3.8, 4) is 0 Å². The molecule has 1 fully saturated rings. The highest BCUT2D eigenvalue weighted by atomic mass is 16.2. The van der Waals surface area contributed by atoms with E-state index in [-0.39, 0.29) is 12.1 Å². The zero-order valence-electron chi connectivity index (χ0n) is 15.3. The predicted molar refractivity (Wildman–Crippen MR) is 93.5 cm³/mol. The van der Waals surface area contributed by atoms with Crippen LogP contribution in [0.15, 0.2) is 6.20 Å². The van der Waals surface area contributed by atoms with E-state index in [2.05, 4.69) is 36.4 Å². The minimum atomic E-state index is -0.0887. The van der Waals surface area contributed by atoms with Gasteiger partial charge in [0.1, 0.15) is 0 Å². The molecule has 0 aromatic carbocycles. The summed E-state index contributed by atoms with van der Waals surface area (Å²) in [6.45, 7) is 7.33. The standard InChI is InChI=1S/C17H31N5O/c1-12-9-17(2,3)8-7-14(12)20-15(23)18-10-13-11-19-16(21(4)5)22(13)6/h11-12,14H,7-10H2,1-6H3,(H2,18,20,23)/t12-,14-/m0/s1. The van der Waals surface area contributed by atoms with Crippen molar-refractivity contribution < 1.29 is 4.79 Å². The van der Waals surface area contributed by atoms with E-state index < -0.39 is 0 Å². The second-order valence-electron chi connectivity index (χ2n) is 7.82. The lowest BCUT2D eigenvalue weighted by atomic mass is 9.70. The molecule has 0 spiro atoms. The average Bonchev–Trinajstić information content (AvgIpc) is 2.80. The Hall–Kier alpha value is -1.72. The quantitative estimate of drug-likeness (QED) is 0.895. The summed E-state index contributed by atoms with van der Waals surface area (Å²) in [6.07, 6.45) is 5.18. The maximum Gasteiger partial charge on any atom is 0.315 e. The number of imidazole rings is 1. The third kappa shape index (κ3) is 4.39. The number of carbonyl (C=O) groups is 1. The molecule has 2 amide bonds. The highest BCUT2D eigenvalue weighted by Crippen LogP contribution is 2.38. The fraction of sp³-hybridized carbons (Fsp3) is 0.765. The van der Waals surface area contributed by atoms with E-state index >= 15 is 0 Å². The Morgan fingerprint density at radius 3 is 2.74 bits per heavy atom. The van der Waals surface area contributed by atoms with E-state index in [1.807, 2.05) is 30.6 Å². The number of amides is 2. The zero-order chi connectivity index (χ0) is 17.2. The molecule has 1 aromatic heterocycles. The highest BCUT2D eigenvalue weighted by molar-refractivity contribution is 5.74. The van der Waals surface area contributed by atoms with Gasteiger partial charge in [0.15, 0.2) is 0 Å². The topological polar surface area (TPSA) is 62.2 Å². The second-order valence-corrected chi connectivity index (χ2v) is 7.82. The molecule has 1 heterocycles. The normalized spacial score (nSPS) is 23.4. The van der Waals surface area contributed by atoms with E-state index in [1.165, 1.54) is 0 Å². The fourth-order valence-electron chi connectivity index (χ4n) is 3.56. The number of carbonyl (C=O) groups excluding carboxylic acids is 1. The summed E-state index contributed by atoms with van der Waals surface area (Å²) < 4.78 is 1.99. The number of hydrogen-bond donors (Lipinski definition) is 2. The van der Waals surface area contributed by atoms with Crippen LogP contribution in [0.1, 0.15) is 45.7 Å². The van der Waals surface area contributed by atoms with Gasteiger partial charge in [0.25, 0.3) is 0 Å². The van der Waals surface area contributed by atoms with Crippen molar-refractivity contribution in [3.63, 3.8) is 0 Å². The van der Waals surface area contributed by atoms with Crippen LogP contribution in [-0.2, 0) is 13.6 Å². The third-order valence-electron chi connectivity index (χ3n) is 4.90. The van der Waals surface area contributed by atoms with Gasteiger partial charge in [-0.15, -0.1) is 0 Å². The smallest absolute Gasteiger partial charge is 0.315 e. The van der Waals surface area contributed by atoms with E-state index in [4.69, 9.17) is 0 Å². The molecule has 2 N–H and O–H groups in total. The summed E-state index contributed by atoms with van der Waals surface area (Å²) in [6, 6.07) is 0.182. The van der Waals surface area contributed by atoms with Crippen LogP contribution in [0, 0.1) is 11.3 Å². The zero-order valence-corrected chi connectivity index (χ0v) is 15.3. The lowest BCUT2D eigenvalue weighted by Gasteiger charge is -2.39. The molecule has 0 saturated heterocycles. The summed E-state index contributed by atoms with van der Waals surface area (Å²) in [5, 5.41) is 6.09. The van der Waals surface area contributed by atoms with Crippen molar-refractivity contribution in [2.24, 2.45) is 18.4 Å². The van der Waals surface area contributed by atoms with E-state index in [0.717, 1.165) is 30.9 Å². The number of aromatic nitrogens is 2. The molecule has 2 rings (SSSR count). The molecule has 6 nitrogen and oxygen atoms in total. The molecule has 0 aliphatic heterocycles. The van der Waals surface area contributed by atoms with Crippen LogP contribution in [0.2, 0.25) is 0 Å². The molecular weight excluding hydrogens is 290 g/mol. The lowest BCUT2D eigenvalue weighted by molar-refractivity contribution is 0.149. The Bertz CT molecular complexity index is 549. The number of hydrogen-bond acceptors (Lipinski definition) is 3. The lowest BCUT2D eigenvalue weighted by Crippen LogP contribution is -2.48. The van der Waals surface area contributed by atoms with Gasteiger partial charge >= 0.3 is 6.03 Å². The number of nitrogens with zero attached hydrogens (tertiary/aromatic N) is 3. The van der Waals surface area contributed by atoms with Crippen molar-refractivity contribution in [3.05, 3.63) is 11.9 Å². The van der Waals surface area contributed by atoms with Gasteiger partial charge in [-0.25, -0.2) is 9.78 Å². The summed E-state index contributed by atoms with van der Waals surface area (Å²) >= 11 is 0. The minimum absolute atomic E-state index is 0.0887. The van der Waals surface area contributed by atoms with E-state index in [1.54, 1.807) is 6.20 Å². The SMILES string of the molecule is C[C@H]1CC(C)(C)CC[C@@H]1NC(=O)NCc1cnc(N(C)C)n1C. The summed E-state index contributed by atoms with van der Waals surface area (Å²) in [7, 11) is 5.87. The molecule has 2 atom stereocenters. The van der Waals surface area contributed by atoms with Crippen molar-refractivity contribution in [1.82, 2.24) is 20.2 Å². The van der Waals surface area contributed by atoms with Gasteiger partial charge in [0, 0.05) is 27.2 Å². The largest absolute Gasteiger partial charge is 0.348 e. The third-order valence-corrected chi connectivity index (χ3v) is 4.90. The first-order valence-electron chi connectivity index (χ1n) is 8.42. The molecule has 1 aliphatic rings. The van der Waals surface area contributed by atoms with Crippen LogP contribution in [0.4, 0.5) is 10.7 Å². The molecular formula is C17H31N5O. The summed E-state index contributed by atoms with van der Waals surface area (Å²) in [5.74, 6) is 1.40. The van der Waals surface area contributed by atoms with Crippen LogP contribution in [0.5, 0.6) is 0 Å². The van der Waals surface area contributed by atoms with E-state index in [9.17, 15) is 4.79 Å². The molecule has 1 saturated carbocycles. The molecule has 6 heteroatoms. The summed E-state index contributed by atoms with van der Waals surface area (Å²) in [5.41, 5.74) is 1.38. The van der Waals surface area contributed by atoms with Gasteiger partial charge in [-0.05, 0) is 30.6 Å². The number of anilines is 1. The molecule has 1 aromatic rings.